The number of nitrogens with zero attached hydrogens (tertiary/aromatic N) is 1. The fraction of sp³-hybridized carbons (Fsp3) is 0.190. The molecule has 116 valence electrons. The van der Waals surface area contributed by atoms with Crippen LogP contribution in [-0.4, -0.2) is 4.98 Å². The third-order valence-corrected chi connectivity index (χ3v) is 3.78. The van der Waals surface area contributed by atoms with Crippen LogP contribution in [0.3, 0.4) is 0 Å². The molecule has 2 nitrogen and oxygen atoms in total. The minimum absolute atomic E-state index is 0.523. The van der Waals surface area contributed by atoms with Crippen LogP contribution in [0.4, 0.5) is 0 Å². The summed E-state index contributed by atoms with van der Waals surface area (Å²) >= 11 is 0. The predicted octanol–water partition coefficient (Wildman–Crippen LogP) is 5.25. The lowest BCUT2D eigenvalue weighted by molar-refractivity contribution is 0.305. The number of benzene rings is 2. The lowest BCUT2D eigenvalue weighted by atomic mass is 10.0. The molecule has 2 aromatic carbocycles. The van der Waals surface area contributed by atoms with Crippen LogP contribution in [0.25, 0.3) is 11.1 Å². The third kappa shape index (κ3) is 3.98. The first kappa shape index (κ1) is 15.3. The average molecular weight is 303 g/mol. The molecule has 1 heterocycles. The molecule has 0 atom stereocenters. The number of aromatic nitrogens is 1. The summed E-state index contributed by atoms with van der Waals surface area (Å²) in [5, 5.41) is 0. The number of rotatable bonds is 4. The van der Waals surface area contributed by atoms with Gasteiger partial charge in [0.15, 0.2) is 0 Å². The number of pyridine rings is 1. The van der Waals surface area contributed by atoms with Gasteiger partial charge in [-0.1, -0.05) is 35.9 Å². The molecule has 0 N–H and O–H groups in total. The molecule has 0 saturated carbocycles. The Morgan fingerprint density at radius 1 is 0.739 bits per heavy atom. The Labute approximate surface area is 137 Å². The van der Waals surface area contributed by atoms with Gasteiger partial charge in [-0.3, -0.25) is 4.98 Å². The van der Waals surface area contributed by atoms with E-state index < -0.39 is 0 Å². The topological polar surface area (TPSA) is 22.1 Å². The van der Waals surface area contributed by atoms with Gasteiger partial charge in [-0.2, -0.15) is 0 Å². The largest absolute Gasteiger partial charge is 0.489 e. The Morgan fingerprint density at radius 3 is 2.13 bits per heavy atom. The number of ether oxygens (including phenoxy) is 1. The van der Waals surface area contributed by atoms with Gasteiger partial charge in [0.2, 0.25) is 0 Å². The predicted molar refractivity (Wildman–Crippen MR) is 94.7 cm³/mol. The van der Waals surface area contributed by atoms with Crippen LogP contribution < -0.4 is 4.74 Å². The minimum atomic E-state index is 0.523. The zero-order chi connectivity index (χ0) is 16.2. The summed E-state index contributed by atoms with van der Waals surface area (Å²) in [6.07, 6.45) is 3.76. The van der Waals surface area contributed by atoms with E-state index in [-0.39, 0.29) is 0 Å². The number of aryl methyl sites for hydroxylation is 3. The summed E-state index contributed by atoms with van der Waals surface area (Å²) < 4.78 is 5.92. The molecule has 0 spiro atoms. The van der Waals surface area contributed by atoms with Crippen LogP contribution in [0.15, 0.2) is 60.9 Å². The number of hydrogen-bond donors (Lipinski definition) is 0. The van der Waals surface area contributed by atoms with Gasteiger partial charge < -0.3 is 4.74 Å². The summed E-state index contributed by atoms with van der Waals surface area (Å²) in [7, 11) is 0. The molecule has 0 aliphatic carbocycles. The van der Waals surface area contributed by atoms with E-state index in [4.69, 9.17) is 4.74 Å². The van der Waals surface area contributed by atoms with Crippen molar-refractivity contribution in [3.05, 3.63) is 83.2 Å². The first-order valence-corrected chi connectivity index (χ1v) is 7.82. The lowest BCUT2D eigenvalue weighted by Crippen LogP contribution is -1.97. The van der Waals surface area contributed by atoms with Crippen LogP contribution in [-0.2, 0) is 6.61 Å². The fourth-order valence-corrected chi connectivity index (χ4v) is 2.65. The summed E-state index contributed by atoms with van der Waals surface area (Å²) in [6, 6.07) is 16.9. The highest BCUT2D eigenvalue weighted by Crippen LogP contribution is 2.21. The molecule has 23 heavy (non-hydrogen) atoms. The summed E-state index contributed by atoms with van der Waals surface area (Å²) in [6.45, 7) is 6.78. The van der Waals surface area contributed by atoms with Gasteiger partial charge in [-0.05, 0) is 55.7 Å². The van der Waals surface area contributed by atoms with Crippen molar-refractivity contribution in [1.29, 1.82) is 0 Å². The zero-order valence-electron chi connectivity index (χ0n) is 13.8. The van der Waals surface area contributed by atoms with E-state index >= 15 is 0 Å². The van der Waals surface area contributed by atoms with Crippen molar-refractivity contribution in [2.24, 2.45) is 0 Å². The van der Waals surface area contributed by atoms with Gasteiger partial charge in [-0.25, -0.2) is 0 Å². The SMILES string of the molecule is Cc1ccc(-c2cncc(COc3cc(C)cc(C)c3)c2)cc1. The van der Waals surface area contributed by atoms with E-state index in [0.717, 1.165) is 16.9 Å². The zero-order valence-corrected chi connectivity index (χ0v) is 13.8. The van der Waals surface area contributed by atoms with E-state index in [1.165, 1.54) is 22.3 Å². The molecule has 0 aliphatic rings. The first-order valence-electron chi connectivity index (χ1n) is 7.82. The summed E-state index contributed by atoms with van der Waals surface area (Å²) in [4.78, 5) is 4.35. The van der Waals surface area contributed by atoms with Crippen LogP contribution in [0.5, 0.6) is 5.75 Å². The molecule has 0 amide bonds. The fourth-order valence-electron chi connectivity index (χ4n) is 2.65. The van der Waals surface area contributed by atoms with E-state index in [2.05, 4.69) is 74.3 Å². The lowest BCUT2D eigenvalue weighted by Gasteiger charge is -2.09. The van der Waals surface area contributed by atoms with E-state index in [1.807, 2.05) is 12.4 Å². The van der Waals surface area contributed by atoms with Gasteiger partial charge in [0.1, 0.15) is 12.4 Å². The van der Waals surface area contributed by atoms with Crippen molar-refractivity contribution >= 4 is 0 Å². The Balaban J connectivity index is 1.76. The molecule has 0 unspecified atom stereocenters. The Hall–Kier alpha value is -2.61. The van der Waals surface area contributed by atoms with Crippen LogP contribution in [0, 0.1) is 20.8 Å². The molecular formula is C21H21NO. The van der Waals surface area contributed by atoms with Gasteiger partial charge in [-0.15, -0.1) is 0 Å². The maximum Gasteiger partial charge on any atom is 0.120 e. The van der Waals surface area contributed by atoms with Crippen molar-refractivity contribution in [3.63, 3.8) is 0 Å². The Bertz CT molecular complexity index is 786. The highest BCUT2D eigenvalue weighted by atomic mass is 16.5. The molecule has 0 bridgehead atoms. The Kier molecular flexibility index (Phi) is 4.42. The van der Waals surface area contributed by atoms with Gasteiger partial charge in [0.25, 0.3) is 0 Å². The average Bonchev–Trinajstić information content (AvgIpc) is 2.53. The van der Waals surface area contributed by atoms with E-state index in [9.17, 15) is 0 Å². The quantitative estimate of drug-likeness (QED) is 0.656. The Morgan fingerprint density at radius 2 is 1.43 bits per heavy atom. The van der Waals surface area contributed by atoms with Crippen molar-refractivity contribution < 1.29 is 4.74 Å². The highest BCUT2D eigenvalue weighted by Gasteiger charge is 2.02. The molecule has 0 fully saturated rings. The standard InChI is InChI=1S/C21H21NO/c1-15-4-6-19(7-5-15)20-11-18(12-22-13-20)14-23-21-9-16(2)8-17(3)10-21/h4-13H,14H2,1-3H3. The maximum absolute atomic E-state index is 5.92. The van der Waals surface area contributed by atoms with Gasteiger partial charge in [0, 0.05) is 23.5 Å². The van der Waals surface area contributed by atoms with Crippen LogP contribution in [0.2, 0.25) is 0 Å². The number of hydrogen-bond acceptors (Lipinski definition) is 2. The highest BCUT2D eigenvalue weighted by molar-refractivity contribution is 5.63. The molecular weight excluding hydrogens is 282 g/mol. The second-order valence-corrected chi connectivity index (χ2v) is 6.06. The van der Waals surface area contributed by atoms with E-state index in [1.54, 1.807) is 0 Å². The summed E-state index contributed by atoms with van der Waals surface area (Å²) in [5.74, 6) is 0.906. The van der Waals surface area contributed by atoms with E-state index in [0.29, 0.717) is 6.61 Å². The third-order valence-electron chi connectivity index (χ3n) is 3.78. The smallest absolute Gasteiger partial charge is 0.120 e. The van der Waals surface area contributed by atoms with Crippen molar-refractivity contribution in [1.82, 2.24) is 4.98 Å². The molecule has 0 radical (unpaired) electrons. The first-order chi connectivity index (χ1) is 11.1. The monoisotopic (exact) mass is 303 g/mol. The van der Waals surface area contributed by atoms with Crippen LogP contribution >= 0.6 is 0 Å². The maximum atomic E-state index is 5.92. The van der Waals surface area contributed by atoms with Crippen LogP contribution in [0.1, 0.15) is 22.3 Å². The van der Waals surface area contributed by atoms with Gasteiger partial charge >= 0.3 is 0 Å². The molecule has 2 heteroatoms. The van der Waals surface area contributed by atoms with Crippen molar-refractivity contribution in [3.8, 4) is 16.9 Å². The second-order valence-electron chi connectivity index (χ2n) is 6.06. The molecule has 0 aliphatic heterocycles. The molecule has 1 aromatic heterocycles. The summed E-state index contributed by atoms with van der Waals surface area (Å²) in [5.41, 5.74) is 7.05. The molecule has 3 aromatic rings. The van der Waals surface area contributed by atoms with Crippen molar-refractivity contribution in [2.45, 2.75) is 27.4 Å². The molecule has 3 rings (SSSR count). The normalized spacial score (nSPS) is 10.6. The second kappa shape index (κ2) is 6.66. The minimum Gasteiger partial charge on any atom is -0.489 e. The molecule has 0 saturated heterocycles. The van der Waals surface area contributed by atoms with Crippen molar-refractivity contribution in [2.75, 3.05) is 0 Å². The van der Waals surface area contributed by atoms with Gasteiger partial charge in [0.05, 0.1) is 0 Å².